The Hall–Kier alpha value is -7.82. The third kappa shape index (κ3) is 17.7. The number of carbonyl (C=O) groups is 3. The summed E-state index contributed by atoms with van der Waals surface area (Å²) >= 11 is 0. The summed E-state index contributed by atoms with van der Waals surface area (Å²) in [5.74, 6) is -2.06. The molecule has 74 heavy (non-hydrogen) atoms. The highest BCUT2D eigenvalue weighted by Crippen LogP contribution is 2.27. The van der Waals surface area contributed by atoms with Crippen molar-refractivity contribution in [3.8, 4) is 12.1 Å². The number of epoxide rings is 2. The maximum absolute atomic E-state index is 12.4. The molecule has 1 N–H and O–H groups in total. The Balaban J connectivity index is 1.36. The fraction of sp³-hybridized carbons (Fsp3) is 0.368. The van der Waals surface area contributed by atoms with E-state index in [9.17, 15) is 30.0 Å². The molecule has 4 aromatic rings. The van der Waals surface area contributed by atoms with Gasteiger partial charge in [0, 0.05) is 56.3 Å². The summed E-state index contributed by atoms with van der Waals surface area (Å²) in [4.78, 5) is 47.0. The second-order valence-corrected chi connectivity index (χ2v) is 17.1. The number of hydrogen-bond acceptors (Lipinski definition) is 16. The van der Waals surface area contributed by atoms with Crippen molar-refractivity contribution in [2.24, 2.45) is 0 Å². The van der Waals surface area contributed by atoms with Gasteiger partial charge in [0.1, 0.15) is 35.5 Å². The molecular formula is C57H62N6O11. The molecular weight excluding hydrogens is 945 g/mol. The summed E-state index contributed by atoms with van der Waals surface area (Å²) in [6.45, 7) is 18.8. The van der Waals surface area contributed by atoms with Crippen molar-refractivity contribution in [2.45, 2.75) is 52.6 Å². The summed E-state index contributed by atoms with van der Waals surface area (Å²) in [5.41, 5.74) is 7.14. The highest BCUT2D eigenvalue weighted by atomic mass is 16.6. The van der Waals surface area contributed by atoms with E-state index in [0.29, 0.717) is 95.6 Å². The smallest absolute Gasteiger partial charge is 0.348 e. The number of aliphatic hydroxyl groups excluding tert-OH is 1. The first kappa shape index (κ1) is 55.5. The molecule has 6 rings (SSSR count). The number of aliphatic hydroxyl groups is 1. The van der Waals surface area contributed by atoms with Gasteiger partial charge < -0.3 is 53.0 Å². The van der Waals surface area contributed by atoms with E-state index < -0.39 is 17.9 Å². The summed E-state index contributed by atoms with van der Waals surface area (Å²) in [5, 5.41) is 29.7. The first-order chi connectivity index (χ1) is 36.1. The third-order valence-corrected chi connectivity index (χ3v) is 11.6. The van der Waals surface area contributed by atoms with Crippen molar-refractivity contribution in [3.05, 3.63) is 153 Å². The van der Waals surface area contributed by atoms with Crippen molar-refractivity contribution in [3.63, 3.8) is 0 Å². The lowest BCUT2D eigenvalue weighted by Gasteiger charge is -2.29. The fourth-order valence-corrected chi connectivity index (χ4v) is 7.77. The number of nitrogens with zero attached hydrogens (tertiary/aromatic N) is 6. The van der Waals surface area contributed by atoms with Crippen LogP contribution in [-0.4, -0.2) is 121 Å². The van der Waals surface area contributed by atoms with Gasteiger partial charge in [-0.05, 0) is 109 Å². The van der Waals surface area contributed by atoms with Gasteiger partial charge >= 0.3 is 17.9 Å². The molecule has 4 aromatic carbocycles. The first-order valence-corrected chi connectivity index (χ1v) is 24.6. The highest BCUT2D eigenvalue weighted by molar-refractivity contribution is 5.98. The zero-order chi connectivity index (χ0) is 52.7. The first-order valence-electron chi connectivity index (χ1n) is 24.6. The number of hydrogen-bond donors (Lipinski definition) is 1. The van der Waals surface area contributed by atoms with Crippen molar-refractivity contribution in [1.82, 2.24) is 0 Å². The zero-order valence-electron chi connectivity index (χ0n) is 42.1. The van der Waals surface area contributed by atoms with Gasteiger partial charge in [0.25, 0.3) is 5.70 Å². The summed E-state index contributed by atoms with van der Waals surface area (Å²) in [6.07, 6.45) is 4.69. The Labute approximate surface area is 432 Å². The molecule has 0 aromatic heterocycles. The Morgan fingerprint density at radius 2 is 0.959 bits per heavy atom. The van der Waals surface area contributed by atoms with Crippen molar-refractivity contribution in [2.75, 3.05) is 100 Å². The lowest BCUT2D eigenvalue weighted by atomic mass is 10.0. The fourth-order valence-electron chi connectivity index (χ4n) is 7.77. The van der Waals surface area contributed by atoms with Crippen LogP contribution in [-0.2, 0) is 67.2 Å². The number of nitriles is 2. The number of carbonyl (C=O) groups excluding carboxylic acids is 3. The lowest BCUT2D eigenvalue weighted by Crippen LogP contribution is -2.29. The summed E-state index contributed by atoms with van der Waals surface area (Å²) in [7, 11) is 0. The van der Waals surface area contributed by atoms with E-state index in [-0.39, 0.29) is 55.5 Å². The molecule has 2 atom stereocenters. The van der Waals surface area contributed by atoms with E-state index in [2.05, 4.69) is 37.7 Å². The van der Waals surface area contributed by atoms with Crippen LogP contribution in [0.5, 0.6) is 0 Å². The monoisotopic (exact) mass is 1010 g/mol. The minimum atomic E-state index is -0.695. The maximum atomic E-state index is 12.4. The molecule has 2 unspecified atom stereocenters. The van der Waals surface area contributed by atoms with Crippen LogP contribution in [0.15, 0.2) is 108 Å². The van der Waals surface area contributed by atoms with E-state index in [1.165, 1.54) is 18.2 Å². The second-order valence-electron chi connectivity index (χ2n) is 17.1. The molecule has 17 nitrogen and oxygen atoms in total. The van der Waals surface area contributed by atoms with Crippen LogP contribution in [0.4, 0.5) is 17.1 Å². The number of anilines is 3. The predicted molar refractivity (Wildman–Crippen MR) is 279 cm³/mol. The zero-order valence-corrected chi connectivity index (χ0v) is 42.1. The van der Waals surface area contributed by atoms with Crippen LogP contribution in [0.3, 0.4) is 0 Å². The minimum absolute atomic E-state index is 0.0977. The van der Waals surface area contributed by atoms with Gasteiger partial charge in [-0.15, -0.1) is 0 Å². The van der Waals surface area contributed by atoms with Crippen LogP contribution in [0, 0.1) is 29.2 Å². The molecule has 2 fully saturated rings. The van der Waals surface area contributed by atoms with E-state index in [0.717, 1.165) is 33.8 Å². The quantitative estimate of drug-likeness (QED) is 0.0104. The molecule has 0 saturated carbocycles. The normalized spacial score (nSPS) is 15.0. The van der Waals surface area contributed by atoms with Gasteiger partial charge in [0.05, 0.1) is 72.6 Å². The molecule has 2 aliphatic heterocycles. The van der Waals surface area contributed by atoms with Gasteiger partial charge in [-0.2, -0.15) is 10.5 Å². The largest absolute Gasteiger partial charge is 0.471 e. The number of ether oxygens (including phenoxy) is 7. The number of esters is 3. The van der Waals surface area contributed by atoms with Gasteiger partial charge in [0.2, 0.25) is 0 Å². The van der Waals surface area contributed by atoms with Crippen LogP contribution >= 0.6 is 0 Å². The molecule has 2 saturated heterocycles. The van der Waals surface area contributed by atoms with Crippen molar-refractivity contribution >= 4 is 53.2 Å². The lowest BCUT2D eigenvalue weighted by molar-refractivity contribution is -0.138. The van der Waals surface area contributed by atoms with E-state index >= 15 is 0 Å². The second kappa shape index (κ2) is 29.0. The molecule has 0 aliphatic carbocycles. The maximum Gasteiger partial charge on any atom is 0.348 e. The van der Waals surface area contributed by atoms with Gasteiger partial charge in [-0.1, -0.05) is 54.6 Å². The molecule has 0 amide bonds. The molecule has 0 radical (unpaired) electrons. The van der Waals surface area contributed by atoms with Crippen LogP contribution < -0.4 is 14.7 Å². The van der Waals surface area contributed by atoms with Crippen molar-refractivity contribution < 1.29 is 52.6 Å². The number of rotatable bonds is 30. The van der Waals surface area contributed by atoms with Crippen LogP contribution in [0.1, 0.15) is 54.2 Å². The molecule has 0 spiro atoms. The molecule has 17 heteroatoms. The molecule has 2 heterocycles. The van der Waals surface area contributed by atoms with Gasteiger partial charge in [-0.25, -0.2) is 14.4 Å². The average molecular weight is 1010 g/mol. The third-order valence-electron chi connectivity index (χ3n) is 11.6. The van der Waals surface area contributed by atoms with E-state index in [4.69, 9.17) is 39.7 Å². The van der Waals surface area contributed by atoms with E-state index in [1.54, 1.807) is 20.8 Å². The standard InChI is InChI=1S/C57H62N6O11/c1-5-70-55(65)47(32-58)29-41-8-14-49(15-9-41)61(20-23-64)34-44-26-45(35-62(21-24-68-37-52-39-73-52)50-16-10-42(11-17-50)30-48(33-59)56(66)71-6-2)28-46(27-44)36-63(22-25-69-38-53-40-74-53)51-18-12-43(13-19-51)31-54(60-4)57(67)72-7-3/h8-19,26-31,52-53,64H,5-7,20-25,34-40H2,1-3H3/b47-29-,48-30-,54-31+. The van der Waals surface area contributed by atoms with Crippen LogP contribution in [0.2, 0.25) is 0 Å². The summed E-state index contributed by atoms with van der Waals surface area (Å²) < 4.78 is 38.0. The van der Waals surface area contributed by atoms with E-state index in [1.807, 2.05) is 84.9 Å². The summed E-state index contributed by atoms with van der Waals surface area (Å²) in [6, 6.07) is 32.9. The Morgan fingerprint density at radius 3 is 1.28 bits per heavy atom. The van der Waals surface area contributed by atoms with Gasteiger partial charge in [0.15, 0.2) is 0 Å². The van der Waals surface area contributed by atoms with Crippen LogP contribution in [0.25, 0.3) is 23.1 Å². The van der Waals surface area contributed by atoms with Crippen molar-refractivity contribution in [1.29, 1.82) is 10.5 Å². The highest BCUT2D eigenvalue weighted by Gasteiger charge is 2.24. The number of benzene rings is 4. The molecule has 386 valence electrons. The minimum Gasteiger partial charge on any atom is -0.471 e. The Kier molecular flexibility index (Phi) is 21.8. The molecule has 0 bridgehead atoms. The topological polar surface area (TPSA) is 204 Å². The SMILES string of the molecule is [C-]#[N+]/C(=C/c1ccc(N(CCOCC2CO2)Cc2cc(CN(CCO)c3ccc(/C=C(/C#N)C(=O)OCC)cc3)cc(CN(CCOCC3CO3)c3ccc(/C=C(/C#N)C(=O)OCC)cc3)c2)cc1)C(=O)OCC. The average Bonchev–Trinajstić information content (AvgIpc) is 4.36. The Morgan fingerprint density at radius 1 is 0.608 bits per heavy atom. The Bertz CT molecular complexity index is 2600. The predicted octanol–water partition coefficient (Wildman–Crippen LogP) is 7.29. The van der Waals surface area contributed by atoms with Gasteiger partial charge in [-0.3, -0.25) is 4.79 Å². The molecule has 2 aliphatic rings.